The molecule has 20 heavy (non-hydrogen) atoms. The molecule has 3 unspecified atom stereocenters. The summed E-state index contributed by atoms with van der Waals surface area (Å²) in [6.45, 7) is 6.98. The van der Waals surface area contributed by atoms with E-state index in [9.17, 15) is 0 Å². The van der Waals surface area contributed by atoms with Crippen molar-refractivity contribution in [3.05, 3.63) is 30.1 Å². The van der Waals surface area contributed by atoms with E-state index < -0.39 is 0 Å². The zero-order chi connectivity index (χ0) is 13.9. The maximum Gasteiger partial charge on any atom is 0.0498 e. The highest BCUT2D eigenvalue weighted by Gasteiger charge is 2.33. The predicted molar refractivity (Wildman–Crippen MR) is 81.4 cm³/mol. The Balaban J connectivity index is 1.80. The molecule has 3 rings (SSSR count). The van der Waals surface area contributed by atoms with Gasteiger partial charge in [-0.3, -0.25) is 14.8 Å². The van der Waals surface area contributed by atoms with Gasteiger partial charge in [0.05, 0.1) is 0 Å². The first kappa shape index (κ1) is 14.0. The van der Waals surface area contributed by atoms with Gasteiger partial charge in [0.25, 0.3) is 0 Å². The van der Waals surface area contributed by atoms with E-state index in [1.54, 1.807) is 0 Å². The van der Waals surface area contributed by atoms with Crippen LogP contribution in [0.3, 0.4) is 0 Å². The maximum absolute atomic E-state index is 6.31. The van der Waals surface area contributed by atoms with E-state index >= 15 is 0 Å². The Morgan fingerprint density at radius 3 is 2.70 bits per heavy atom. The van der Waals surface area contributed by atoms with Crippen LogP contribution in [0, 0.1) is 0 Å². The van der Waals surface area contributed by atoms with E-state index in [1.807, 2.05) is 12.4 Å². The fourth-order valence-corrected chi connectivity index (χ4v) is 3.90. The van der Waals surface area contributed by atoms with Gasteiger partial charge in [-0.2, -0.15) is 0 Å². The SMILES string of the molecule is CC(N)C(c1ccncc1)N1CCCN2CCCC2C1. The molecule has 0 spiro atoms. The zero-order valence-corrected chi connectivity index (χ0v) is 12.4. The van der Waals surface area contributed by atoms with Crippen LogP contribution in [0.15, 0.2) is 24.5 Å². The van der Waals surface area contributed by atoms with E-state index in [4.69, 9.17) is 5.73 Å². The standard InChI is InChI=1S/C16H26N4/c1-13(17)16(14-5-7-18-8-6-14)20-11-3-10-19-9-2-4-15(19)12-20/h5-8,13,15-16H,2-4,9-12,17H2,1H3. The summed E-state index contributed by atoms with van der Waals surface area (Å²) in [6.07, 6.45) is 7.72. The fourth-order valence-electron chi connectivity index (χ4n) is 3.90. The van der Waals surface area contributed by atoms with Gasteiger partial charge in [0.2, 0.25) is 0 Å². The van der Waals surface area contributed by atoms with Crippen molar-refractivity contribution >= 4 is 0 Å². The van der Waals surface area contributed by atoms with Crippen molar-refractivity contribution < 1.29 is 0 Å². The lowest BCUT2D eigenvalue weighted by molar-refractivity contribution is 0.157. The molecule has 4 nitrogen and oxygen atoms in total. The van der Waals surface area contributed by atoms with Crippen molar-refractivity contribution in [3.8, 4) is 0 Å². The van der Waals surface area contributed by atoms with Gasteiger partial charge < -0.3 is 5.73 Å². The van der Waals surface area contributed by atoms with Gasteiger partial charge in [-0.05, 0) is 57.0 Å². The number of fused-ring (bicyclic) bond motifs is 1. The number of hydrogen-bond donors (Lipinski definition) is 1. The van der Waals surface area contributed by atoms with E-state index in [-0.39, 0.29) is 6.04 Å². The molecule has 0 aliphatic carbocycles. The molecule has 1 aromatic rings. The maximum atomic E-state index is 6.31. The highest BCUT2D eigenvalue weighted by atomic mass is 15.3. The lowest BCUT2D eigenvalue weighted by Gasteiger charge is -2.35. The summed E-state index contributed by atoms with van der Waals surface area (Å²) in [6, 6.07) is 5.43. The molecule has 0 aromatic carbocycles. The molecule has 2 saturated heterocycles. The molecule has 110 valence electrons. The zero-order valence-electron chi connectivity index (χ0n) is 12.4. The van der Waals surface area contributed by atoms with Crippen LogP contribution in [0.5, 0.6) is 0 Å². The second-order valence-corrected chi connectivity index (χ2v) is 6.27. The van der Waals surface area contributed by atoms with Crippen LogP contribution in [0.4, 0.5) is 0 Å². The second-order valence-electron chi connectivity index (χ2n) is 6.27. The van der Waals surface area contributed by atoms with E-state index in [2.05, 4.69) is 33.8 Å². The second kappa shape index (κ2) is 6.20. The van der Waals surface area contributed by atoms with Gasteiger partial charge >= 0.3 is 0 Å². The number of aromatic nitrogens is 1. The number of pyridine rings is 1. The minimum atomic E-state index is 0.144. The normalized spacial score (nSPS) is 27.8. The molecule has 0 amide bonds. The Morgan fingerprint density at radius 1 is 1.20 bits per heavy atom. The largest absolute Gasteiger partial charge is 0.326 e. The highest BCUT2D eigenvalue weighted by Crippen LogP contribution is 2.29. The van der Waals surface area contributed by atoms with Crippen LogP contribution < -0.4 is 5.73 Å². The summed E-state index contributed by atoms with van der Waals surface area (Å²) >= 11 is 0. The Bertz CT molecular complexity index is 420. The summed E-state index contributed by atoms with van der Waals surface area (Å²) < 4.78 is 0. The molecular weight excluding hydrogens is 248 g/mol. The monoisotopic (exact) mass is 274 g/mol. The van der Waals surface area contributed by atoms with Crippen LogP contribution in [-0.2, 0) is 0 Å². The summed E-state index contributed by atoms with van der Waals surface area (Å²) in [5, 5.41) is 0. The summed E-state index contributed by atoms with van der Waals surface area (Å²) in [5.74, 6) is 0. The average molecular weight is 274 g/mol. The lowest BCUT2D eigenvalue weighted by Crippen LogP contribution is -2.44. The Morgan fingerprint density at radius 2 is 1.95 bits per heavy atom. The number of hydrogen-bond acceptors (Lipinski definition) is 4. The molecule has 4 heteroatoms. The fraction of sp³-hybridized carbons (Fsp3) is 0.688. The molecule has 0 saturated carbocycles. The van der Waals surface area contributed by atoms with Crippen LogP contribution in [0.1, 0.15) is 37.8 Å². The quantitative estimate of drug-likeness (QED) is 0.910. The Labute approximate surface area is 122 Å². The Kier molecular flexibility index (Phi) is 4.34. The smallest absolute Gasteiger partial charge is 0.0498 e. The minimum absolute atomic E-state index is 0.144. The van der Waals surface area contributed by atoms with Crippen molar-refractivity contribution in [2.75, 3.05) is 26.2 Å². The van der Waals surface area contributed by atoms with Crippen LogP contribution in [0.2, 0.25) is 0 Å². The molecular formula is C16H26N4. The molecule has 2 aliphatic heterocycles. The topological polar surface area (TPSA) is 45.4 Å². The van der Waals surface area contributed by atoms with Crippen molar-refractivity contribution in [2.24, 2.45) is 5.73 Å². The molecule has 2 fully saturated rings. The van der Waals surface area contributed by atoms with E-state index in [0.29, 0.717) is 6.04 Å². The van der Waals surface area contributed by atoms with Crippen LogP contribution in [0.25, 0.3) is 0 Å². The van der Waals surface area contributed by atoms with Crippen molar-refractivity contribution in [2.45, 2.75) is 44.3 Å². The van der Waals surface area contributed by atoms with Crippen molar-refractivity contribution in [3.63, 3.8) is 0 Å². The minimum Gasteiger partial charge on any atom is -0.326 e. The predicted octanol–water partition coefficient (Wildman–Crippen LogP) is 1.64. The van der Waals surface area contributed by atoms with Crippen LogP contribution >= 0.6 is 0 Å². The molecule has 2 N–H and O–H groups in total. The highest BCUT2D eigenvalue weighted by molar-refractivity contribution is 5.17. The Hall–Kier alpha value is -0.970. The van der Waals surface area contributed by atoms with Crippen molar-refractivity contribution in [1.82, 2.24) is 14.8 Å². The van der Waals surface area contributed by atoms with Gasteiger partial charge in [0.15, 0.2) is 0 Å². The van der Waals surface area contributed by atoms with Crippen molar-refractivity contribution in [1.29, 1.82) is 0 Å². The first-order chi connectivity index (χ1) is 9.75. The average Bonchev–Trinajstić information content (AvgIpc) is 2.78. The van der Waals surface area contributed by atoms with Crippen LogP contribution in [-0.4, -0.2) is 53.0 Å². The third-order valence-electron chi connectivity index (χ3n) is 4.77. The molecule has 0 bridgehead atoms. The van der Waals surface area contributed by atoms with E-state index in [0.717, 1.165) is 19.1 Å². The first-order valence-electron chi connectivity index (χ1n) is 7.89. The lowest BCUT2D eigenvalue weighted by atomic mass is 9.99. The third kappa shape index (κ3) is 2.87. The van der Waals surface area contributed by atoms with Gasteiger partial charge in [0.1, 0.15) is 0 Å². The van der Waals surface area contributed by atoms with Gasteiger partial charge in [-0.15, -0.1) is 0 Å². The molecule has 0 radical (unpaired) electrons. The van der Waals surface area contributed by atoms with Gasteiger partial charge in [0, 0.05) is 43.6 Å². The van der Waals surface area contributed by atoms with Gasteiger partial charge in [-0.1, -0.05) is 0 Å². The summed E-state index contributed by atoms with van der Waals surface area (Å²) in [4.78, 5) is 9.41. The number of nitrogens with zero attached hydrogens (tertiary/aromatic N) is 3. The molecule has 2 aliphatic rings. The summed E-state index contributed by atoms with van der Waals surface area (Å²) in [7, 11) is 0. The van der Waals surface area contributed by atoms with E-state index in [1.165, 1.54) is 37.9 Å². The third-order valence-corrected chi connectivity index (χ3v) is 4.77. The summed E-state index contributed by atoms with van der Waals surface area (Å²) in [5.41, 5.74) is 7.62. The molecule has 3 atom stereocenters. The molecule has 1 aromatic heterocycles. The van der Waals surface area contributed by atoms with Gasteiger partial charge in [-0.25, -0.2) is 0 Å². The number of rotatable bonds is 3. The molecule has 3 heterocycles. The number of nitrogens with two attached hydrogens (primary N) is 1. The first-order valence-corrected chi connectivity index (χ1v) is 7.89.